The fourth-order valence-corrected chi connectivity index (χ4v) is 3.70. The molecule has 0 radical (unpaired) electrons. The molecule has 0 unspecified atom stereocenters. The number of methoxy groups -OCH3 is 1. The number of nitrogens with zero attached hydrogens (tertiary/aromatic N) is 2. The summed E-state index contributed by atoms with van der Waals surface area (Å²) in [6.45, 7) is 4.01. The van der Waals surface area contributed by atoms with Crippen molar-refractivity contribution in [3.8, 4) is 0 Å². The molecule has 2 aromatic rings. The molecule has 0 amide bonds. The molecule has 0 saturated carbocycles. The molecule has 0 aliphatic heterocycles. The lowest BCUT2D eigenvalue weighted by atomic mass is 10.1. The number of rotatable bonds is 11. The van der Waals surface area contributed by atoms with E-state index in [-0.39, 0.29) is 18.9 Å². The first-order chi connectivity index (χ1) is 12.5. The minimum Gasteiger partial charge on any atom is -0.367 e. The van der Waals surface area contributed by atoms with Crippen LogP contribution in [0.2, 0.25) is 0 Å². The fraction of sp³-hybridized carbons (Fsp3) is 0.500. The summed E-state index contributed by atoms with van der Waals surface area (Å²) in [4.78, 5) is 20.2. The van der Waals surface area contributed by atoms with Crippen LogP contribution in [0.3, 0.4) is 0 Å². The summed E-state index contributed by atoms with van der Waals surface area (Å²) in [6, 6.07) is 10.3. The molecule has 2 atom stereocenters. The van der Waals surface area contributed by atoms with Crippen LogP contribution < -0.4 is 5.32 Å². The van der Waals surface area contributed by atoms with Gasteiger partial charge in [-0.05, 0) is 32.3 Å². The average Bonchev–Trinajstić information content (AvgIpc) is 3.00. The second-order valence-corrected chi connectivity index (χ2v) is 7.12. The predicted octanol–water partition coefficient (Wildman–Crippen LogP) is 3.46. The van der Waals surface area contributed by atoms with Gasteiger partial charge >= 0.3 is 0 Å². The molecule has 0 aliphatic rings. The lowest BCUT2D eigenvalue weighted by Gasteiger charge is -2.21. The molecule has 142 valence electrons. The van der Waals surface area contributed by atoms with Crippen LogP contribution in [0.15, 0.2) is 30.3 Å². The van der Waals surface area contributed by atoms with E-state index in [4.69, 9.17) is 4.74 Å². The van der Waals surface area contributed by atoms with Crippen molar-refractivity contribution in [3.05, 3.63) is 61.6 Å². The van der Waals surface area contributed by atoms with Gasteiger partial charge in [0.05, 0.1) is 11.7 Å². The van der Waals surface area contributed by atoms with Crippen LogP contribution in [-0.4, -0.2) is 30.0 Å². The van der Waals surface area contributed by atoms with Crippen LogP contribution in [0, 0.1) is 17.0 Å². The molecule has 8 heteroatoms. The van der Waals surface area contributed by atoms with E-state index in [1.165, 1.54) is 5.56 Å². The highest BCUT2D eigenvalue weighted by Gasteiger charge is 2.17. The summed E-state index contributed by atoms with van der Waals surface area (Å²) in [6.07, 6.45) is 2.20. The van der Waals surface area contributed by atoms with Crippen LogP contribution >= 0.6 is 11.3 Å². The van der Waals surface area contributed by atoms with Crippen LogP contribution in [0.5, 0.6) is 0 Å². The van der Waals surface area contributed by atoms with Gasteiger partial charge in [-0.3, -0.25) is 5.32 Å². The average molecular weight is 379 g/mol. The zero-order valence-electron chi connectivity index (χ0n) is 15.3. The van der Waals surface area contributed by atoms with E-state index in [9.17, 15) is 10.1 Å². The highest BCUT2D eigenvalue weighted by atomic mass is 32.1. The maximum Gasteiger partial charge on any atom is 0.294 e. The van der Waals surface area contributed by atoms with Gasteiger partial charge in [-0.2, -0.15) is 0 Å². The Kier molecular flexibility index (Phi) is 7.96. The van der Waals surface area contributed by atoms with Gasteiger partial charge in [-0.1, -0.05) is 30.3 Å². The maximum atomic E-state index is 10.3. The molecule has 1 aromatic carbocycles. The normalized spacial score (nSPS) is 13.3. The Morgan fingerprint density at radius 1 is 1.31 bits per heavy atom. The second-order valence-electron chi connectivity index (χ2n) is 6.00. The molecule has 0 bridgehead atoms. The molecule has 1 aromatic heterocycles. The third-order valence-electron chi connectivity index (χ3n) is 4.06. The topological polar surface area (TPSA) is 86.5 Å². The van der Waals surface area contributed by atoms with Crippen molar-refractivity contribution in [2.45, 2.75) is 45.4 Å². The molecule has 7 nitrogen and oxygen atoms in total. The summed E-state index contributed by atoms with van der Waals surface area (Å²) >= 11 is 1.55. The van der Waals surface area contributed by atoms with Crippen LogP contribution in [0.25, 0.3) is 0 Å². The molecule has 1 heterocycles. The number of nitrogens with one attached hydrogen (secondary N) is 1. The van der Waals surface area contributed by atoms with E-state index in [1.54, 1.807) is 18.4 Å². The minimum absolute atomic E-state index is 0.0320. The molecular weight excluding hydrogens is 354 g/mol. The molecule has 0 fully saturated rings. The molecule has 0 spiro atoms. The molecule has 26 heavy (non-hydrogen) atoms. The zero-order valence-corrected chi connectivity index (χ0v) is 16.1. The second kappa shape index (κ2) is 10.2. The van der Waals surface area contributed by atoms with Gasteiger partial charge in [0.25, 0.3) is 5.09 Å². The Morgan fingerprint density at radius 3 is 2.69 bits per heavy atom. The van der Waals surface area contributed by atoms with Crippen molar-refractivity contribution >= 4 is 11.3 Å². The van der Waals surface area contributed by atoms with Crippen LogP contribution in [0.1, 0.15) is 40.5 Å². The van der Waals surface area contributed by atoms with Crippen molar-refractivity contribution in [2.24, 2.45) is 0 Å². The largest absolute Gasteiger partial charge is 0.367 e. The van der Waals surface area contributed by atoms with Crippen molar-refractivity contribution in [3.63, 3.8) is 0 Å². The monoisotopic (exact) mass is 379 g/mol. The Bertz CT molecular complexity index is 693. The third kappa shape index (κ3) is 6.36. The molecule has 0 saturated heterocycles. The number of aryl methyl sites for hydroxylation is 2. The smallest absolute Gasteiger partial charge is 0.294 e. The zero-order chi connectivity index (χ0) is 18.9. The van der Waals surface area contributed by atoms with Gasteiger partial charge in [-0.25, -0.2) is 4.98 Å². The summed E-state index contributed by atoms with van der Waals surface area (Å²) < 4.78 is 5.56. The van der Waals surface area contributed by atoms with E-state index in [0.29, 0.717) is 6.42 Å². The van der Waals surface area contributed by atoms with Gasteiger partial charge in [0.1, 0.15) is 17.8 Å². The summed E-state index contributed by atoms with van der Waals surface area (Å²) in [5, 5.41) is 13.9. The van der Waals surface area contributed by atoms with Crippen LogP contribution in [0.4, 0.5) is 0 Å². The third-order valence-corrected chi connectivity index (χ3v) is 5.46. The van der Waals surface area contributed by atoms with E-state index in [2.05, 4.69) is 27.3 Å². The van der Waals surface area contributed by atoms with E-state index in [0.717, 1.165) is 28.4 Å². The van der Waals surface area contributed by atoms with E-state index < -0.39 is 5.09 Å². The van der Waals surface area contributed by atoms with Crippen molar-refractivity contribution in [1.82, 2.24) is 10.3 Å². The Morgan fingerprint density at radius 2 is 2.04 bits per heavy atom. The molecule has 1 N–H and O–H groups in total. The predicted molar refractivity (Wildman–Crippen MR) is 101 cm³/mol. The molecule has 0 aliphatic carbocycles. The van der Waals surface area contributed by atoms with E-state index in [1.807, 2.05) is 32.0 Å². The first-order valence-electron chi connectivity index (χ1n) is 8.56. The Hall–Kier alpha value is -2.03. The SMILES string of the molecule is CO[C@H](CCc1ccccc1)N[C@@H](C)c1nc(C)c(CCO[N+](=O)[O-])s1. The summed E-state index contributed by atoms with van der Waals surface area (Å²) in [5.41, 5.74) is 2.17. The Balaban J connectivity index is 1.88. The number of ether oxygens (including phenoxy) is 1. The molecule has 2 rings (SSSR count). The summed E-state index contributed by atoms with van der Waals surface area (Å²) in [5.74, 6) is 0. The number of hydrogen-bond donors (Lipinski definition) is 1. The fourth-order valence-electron chi connectivity index (χ4n) is 2.64. The van der Waals surface area contributed by atoms with Crippen molar-refractivity contribution in [2.75, 3.05) is 13.7 Å². The van der Waals surface area contributed by atoms with Gasteiger partial charge in [0.15, 0.2) is 0 Å². The lowest BCUT2D eigenvalue weighted by molar-refractivity contribution is -0.757. The maximum absolute atomic E-state index is 10.3. The van der Waals surface area contributed by atoms with Gasteiger partial charge in [0, 0.05) is 18.4 Å². The van der Waals surface area contributed by atoms with Crippen molar-refractivity contribution in [1.29, 1.82) is 0 Å². The highest BCUT2D eigenvalue weighted by Crippen LogP contribution is 2.25. The van der Waals surface area contributed by atoms with Crippen molar-refractivity contribution < 1.29 is 14.7 Å². The molecular formula is C18H25N3O4S. The van der Waals surface area contributed by atoms with E-state index >= 15 is 0 Å². The van der Waals surface area contributed by atoms with Gasteiger partial charge in [-0.15, -0.1) is 21.5 Å². The summed E-state index contributed by atoms with van der Waals surface area (Å²) in [7, 11) is 1.70. The number of benzene rings is 1. The number of thiazole rings is 1. The first-order valence-corrected chi connectivity index (χ1v) is 9.37. The van der Waals surface area contributed by atoms with Crippen LogP contribution in [-0.2, 0) is 22.4 Å². The number of hydrogen-bond acceptors (Lipinski definition) is 7. The highest BCUT2D eigenvalue weighted by molar-refractivity contribution is 7.11. The first kappa shape index (κ1) is 20.3. The minimum atomic E-state index is -0.766. The number of aromatic nitrogens is 1. The standard InChI is InChI=1S/C18H25N3O4S/c1-13-16(11-12-25-21(22)23)26-18(20-13)14(2)19-17(24-3)10-9-15-7-5-4-6-8-15/h4-8,14,17,19H,9-12H2,1-3H3/t14-,17+/m0/s1. The van der Waals surface area contributed by atoms with Gasteiger partial charge in [0.2, 0.25) is 0 Å². The quantitative estimate of drug-likeness (QED) is 0.365. The lowest BCUT2D eigenvalue weighted by Crippen LogP contribution is -2.33. The van der Waals surface area contributed by atoms with Gasteiger partial charge < -0.3 is 9.57 Å². The Labute approximate surface area is 157 Å².